The number of amides is 2. The molecule has 1 aromatic heterocycles. The van der Waals surface area contributed by atoms with Gasteiger partial charge in [0.15, 0.2) is 5.03 Å². The molecule has 2 heterocycles. The van der Waals surface area contributed by atoms with E-state index in [4.69, 9.17) is 15.7 Å². The number of aromatic nitrogens is 1. The van der Waals surface area contributed by atoms with Crippen LogP contribution in [-0.2, 0) is 14.6 Å². The van der Waals surface area contributed by atoms with E-state index >= 15 is 0 Å². The Bertz CT molecular complexity index is 1120. The molecule has 1 aromatic carbocycles. The number of likely N-dealkylation sites (tertiary alicyclic amines) is 1. The molecule has 0 spiro atoms. The zero-order chi connectivity index (χ0) is 21.2. The van der Waals surface area contributed by atoms with Crippen LogP contribution in [0.3, 0.4) is 0 Å². The number of rotatable bonds is 5. The maximum atomic E-state index is 13.3. The Kier molecular flexibility index (Phi) is 5.70. The summed E-state index contributed by atoms with van der Waals surface area (Å²) >= 11 is 0. The standard InChI is InChI=1S/C19H20N4O5S/c1-28-16-10-14-12(9-15(16)18(21)25)5-7-22-19(14)29(26,27)13-3-2-8-23(11-13)17(24)4-6-20/h5,7,9-10,13H,2-4,8,11H2,1H3,(H2,21,25). The Hall–Kier alpha value is -3.19. The van der Waals surface area contributed by atoms with Crippen LogP contribution in [-0.4, -0.2) is 55.6 Å². The van der Waals surface area contributed by atoms with Crippen LogP contribution in [0.1, 0.15) is 29.6 Å². The van der Waals surface area contributed by atoms with Crippen LogP contribution in [0.4, 0.5) is 0 Å². The SMILES string of the molecule is COc1cc2c(S(=O)(=O)C3CCCN(C(=O)CC#N)C3)nccc2cc1C(N)=O. The van der Waals surface area contributed by atoms with Crippen molar-refractivity contribution in [2.24, 2.45) is 5.73 Å². The van der Waals surface area contributed by atoms with E-state index in [1.165, 1.54) is 30.3 Å². The van der Waals surface area contributed by atoms with Crippen molar-refractivity contribution in [3.8, 4) is 11.8 Å². The van der Waals surface area contributed by atoms with Crippen LogP contribution < -0.4 is 10.5 Å². The molecule has 2 aromatic rings. The number of carbonyl (C=O) groups is 2. The number of primary amides is 1. The fourth-order valence-corrected chi connectivity index (χ4v) is 5.38. The predicted octanol–water partition coefficient (Wildman–Crippen LogP) is 1.02. The summed E-state index contributed by atoms with van der Waals surface area (Å²) in [5, 5.41) is 8.56. The van der Waals surface area contributed by atoms with Gasteiger partial charge in [0.25, 0.3) is 5.91 Å². The topological polar surface area (TPSA) is 143 Å². The Morgan fingerprint density at radius 1 is 1.41 bits per heavy atom. The highest BCUT2D eigenvalue weighted by Crippen LogP contribution is 2.32. The molecule has 1 atom stereocenters. The molecule has 1 aliphatic heterocycles. The second-order valence-electron chi connectivity index (χ2n) is 6.74. The van der Waals surface area contributed by atoms with Crippen molar-refractivity contribution in [2.75, 3.05) is 20.2 Å². The molecule has 1 fully saturated rings. The van der Waals surface area contributed by atoms with Gasteiger partial charge < -0.3 is 15.4 Å². The number of hydrogen-bond donors (Lipinski definition) is 1. The number of nitrogens with zero attached hydrogens (tertiary/aromatic N) is 3. The Labute approximate surface area is 168 Å². The van der Waals surface area contributed by atoms with Gasteiger partial charge in [0.1, 0.15) is 12.2 Å². The van der Waals surface area contributed by atoms with Crippen molar-refractivity contribution in [2.45, 2.75) is 29.5 Å². The zero-order valence-corrected chi connectivity index (χ0v) is 16.6. The lowest BCUT2D eigenvalue weighted by Gasteiger charge is -2.32. The van der Waals surface area contributed by atoms with E-state index in [0.29, 0.717) is 30.2 Å². The molecule has 10 heteroatoms. The largest absolute Gasteiger partial charge is 0.496 e. The number of benzene rings is 1. The monoisotopic (exact) mass is 416 g/mol. The molecule has 1 aliphatic rings. The molecular weight excluding hydrogens is 396 g/mol. The van der Waals surface area contributed by atoms with Crippen LogP contribution in [0.5, 0.6) is 5.75 Å². The van der Waals surface area contributed by atoms with Crippen LogP contribution >= 0.6 is 0 Å². The number of sulfone groups is 1. The van der Waals surface area contributed by atoms with Crippen molar-refractivity contribution >= 4 is 32.4 Å². The summed E-state index contributed by atoms with van der Waals surface area (Å²) in [6, 6.07) is 6.30. The fourth-order valence-electron chi connectivity index (χ4n) is 3.52. The van der Waals surface area contributed by atoms with Gasteiger partial charge in [0.2, 0.25) is 15.7 Å². The van der Waals surface area contributed by atoms with Crippen molar-refractivity contribution in [3.05, 3.63) is 30.0 Å². The number of pyridine rings is 1. The van der Waals surface area contributed by atoms with Gasteiger partial charge in [-0.1, -0.05) is 0 Å². The van der Waals surface area contributed by atoms with Gasteiger partial charge in [-0.25, -0.2) is 13.4 Å². The van der Waals surface area contributed by atoms with Gasteiger partial charge in [-0.3, -0.25) is 9.59 Å². The highest BCUT2D eigenvalue weighted by molar-refractivity contribution is 7.92. The average molecular weight is 416 g/mol. The molecule has 0 radical (unpaired) electrons. The lowest BCUT2D eigenvalue weighted by molar-refractivity contribution is -0.130. The van der Waals surface area contributed by atoms with Gasteiger partial charge in [-0.05, 0) is 36.4 Å². The van der Waals surface area contributed by atoms with Crippen LogP contribution in [0.25, 0.3) is 10.8 Å². The van der Waals surface area contributed by atoms with E-state index in [9.17, 15) is 18.0 Å². The molecular formula is C19H20N4O5S. The van der Waals surface area contributed by atoms with Crippen LogP contribution in [0.2, 0.25) is 0 Å². The van der Waals surface area contributed by atoms with E-state index in [-0.39, 0.29) is 35.2 Å². The molecule has 0 aliphatic carbocycles. The minimum absolute atomic E-state index is 0.0113. The summed E-state index contributed by atoms with van der Waals surface area (Å²) in [5.41, 5.74) is 5.52. The third kappa shape index (κ3) is 3.86. The molecule has 1 unspecified atom stereocenters. The highest BCUT2D eigenvalue weighted by Gasteiger charge is 2.35. The second-order valence-corrected chi connectivity index (χ2v) is 8.88. The number of ether oxygens (including phenoxy) is 1. The predicted molar refractivity (Wildman–Crippen MR) is 104 cm³/mol. The van der Waals surface area contributed by atoms with Crippen LogP contribution in [0.15, 0.2) is 29.4 Å². The second kappa shape index (κ2) is 8.05. The van der Waals surface area contributed by atoms with Crippen molar-refractivity contribution < 1.29 is 22.7 Å². The number of methoxy groups -OCH3 is 1. The summed E-state index contributed by atoms with van der Waals surface area (Å²) in [6.45, 7) is 0.433. The molecule has 9 nitrogen and oxygen atoms in total. The van der Waals surface area contributed by atoms with Crippen molar-refractivity contribution in [1.82, 2.24) is 9.88 Å². The summed E-state index contributed by atoms with van der Waals surface area (Å²) < 4.78 is 31.9. The number of hydrogen-bond acceptors (Lipinski definition) is 7. The lowest BCUT2D eigenvalue weighted by Crippen LogP contribution is -2.45. The van der Waals surface area contributed by atoms with Gasteiger partial charge in [0, 0.05) is 24.7 Å². The lowest BCUT2D eigenvalue weighted by atomic mass is 10.1. The van der Waals surface area contributed by atoms with Crippen molar-refractivity contribution in [3.63, 3.8) is 0 Å². The fraction of sp³-hybridized carbons (Fsp3) is 0.368. The highest BCUT2D eigenvalue weighted by atomic mass is 32.2. The summed E-state index contributed by atoms with van der Waals surface area (Å²) in [4.78, 5) is 29.2. The van der Waals surface area contributed by atoms with E-state index < -0.39 is 21.0 Å². The maximum absolute atomic E-state index is 13.3. The first-order valence-electron chi connectivity index (χ1n) is 8.94. The average Bonchev–Trinajstić information content (AvgIpc) is 2.72. The van der Waals surface area contributed by atoms with E-state index in [2.05, 4.69) is 4.98 Å². The number of carbonyl (C=O) groups excluding carboxylic acids is 2. The maximum Gasteiger partial charge on any atom is 0.252 e. The van der Waals surface area contributed by atoms with Gasteiger partial charge >= 0.3 is 0 Å². The van der Waals surface area contributed by atoms with Gasteiger partial charge in [-0.2, -0.15) is 5.26 Å². The molecule has 29 heavy (non-hydrogen) atoms. The van der Waals surface area contributed by atoms with Gasteiger partial charge in [0.05, 0.1) is 24.0 Å². The molecule has 2 amide bonds. The smallest absolute Gasteiger partial charge is 0.252 e. The first kappa shape index (κ1) is 20.5. The molecule has 1 saturated heterocycles. The van der Waals surface area contributed by atoms with E-state index in [1.807, 2.05) is 0 Å². The molecule has 0 bridgehead atoms. The normalized spacial score (nSPS) is 17.0. The third-order valence-corrected chi connectivity index (χ3v) is 7.11. The first-order valence-corrected chi connectivity index (χ1v) is 10.5. The van der Waals surface area contributed by atoms with Gasteiger partial charge in [-0.15, -0.1) is 0 Å². The number of fused-ring (bicyclic) bond motifs is 1. The number of nitrogens with two attached hydrogens (primary N) is 1. The van der Waals surface area contributed by atoms with E-state index in [0.717, 1.165) is 0 Å². The number of nitriles is 1. The Balaban J connectivity index is 2.06. The van der Waals surface area contributed by atoms with Crippen LogP contribution in [0, 0.1) is 11.3 Å². The first-order chi connectivity index (χ1) is 13.8. The summed E-state index contributed by atoms with van der Waals surface area (Å²) in [6.07, 6.45) is 1.97. The Morgan fingerprint density at radius 3 is 2.83 bits per heavy atom. The quantitative estimate of drug-likeness (QED) is 0.766. The van der Waals surface area contributed by atoms with E-state index in [1.54, 1.807) is 12.1 Å². The number of piperidine rings is 1. The molecule has 2 N–H and O–H groups in total. The zero-order valence-electron chi connectivity index (χ0n) is 15.8. The third-order valence-electron chi connectivity index (χ3n) is 4.98. The molecule has 3 rings (SSSR count). The summed E-state index contributed by atoms with van der Waals surface area (Å²) in [7, 11) is -2.53. The molecule has 152 valence electrons. The summed E-state index contributed by atoms with van der Waals surface area (Å²) in [5.74, 6) is -0.918. The minimum Gasteiger partial charge on any atom is -0.496 e. The van der Waals surface area contributed by atoms with Crippen molar-refractivity contribution in [1.29, 1.82) is 5.26 Å². The minimum atomic E-state index is -3.89. The Morgan fingerprint density at radius 2 is 2.17 bits per heavy atom. The molecule has 0 saturated carbocycles.